The van der Waals surface area contributed by atoms with Gasteiger partial charge in [0.1, 0.15) is 0 Å². The van der Waals surface area contributed by atoms with Crippen molar-refractivity contribution in [2.45, 2.75) is 44.6 Å². The minimum Gasteiger partial charge on any atom is -0.351 e. The number of fused-ring (bicyclic) bond motifs is 1. The average Bonchev–Trinajstić information content (AvgIpc) is 3.15. The van der Waals surface area contributed by atoms with Gasteiger partial charge in [-0.15, -0.1) is 0 Å². The van der Waals surface area contributed by atoms with Crippen LogP contribution in [0.25, 0.3) is 0 Å². The second-order valence-corrected chi connectivity index (χ2v) is 8.67. The number of aryl methyl sites for hydroxylation is 1. The van der Waals surface area contributed by atoms with Crippen LogP contribution in [0.1, 0.15) is 57.8 Å². The minimum absolute atomic E-state index is 0.0468. The van der Waals surface area contributed by atoms with Crippen molar-refractivity contribution < 1.29 is 14.4 Å². The summed E-state index contributed by atoms with van der Waals surface area (Å²) in [6, 6.07) is 9.24. The highest BCUT2D eigenvalue weighted by Gasteiger charge is 2.31. The van der Waals surface area contributed by atoms with Gasteiger partial charge in [0.2, 0.25) is 5.91 Å². The Kier molecular flexibility index (Phi) is 6.58. The number of hydrogen-bond donors (Lipinski definition) is 1. The van der Waals surface area contributed by atoms with E-state index in [-0.39, 0.29) is 23.8 Å². The number of rotatable bonds is 1. The Bertz CT molecular complexity index is 1000. The molecule has 1 aliphatic heterocycles. The summed E-state index contributed by atoms with van der Waals surface area (Å²) >= 11 is 0. The molecule has 2 heterocycles. The number of aromatic nitrogens is 2. The number of likely N-dealkylation sites (N-methyl/N-ethyl adjacent to an activating group) is 1. The van der Waals surface area contributed by atoms with E-state index < -0.39 is 0 Å². The van der Waals surface area contributed by atoms with Crippen LogP contribution < -0.4 is 5.32 Å². The van der Waals surface area contributed by atoms with E-state index in [1.165, 1.54) is 0 Å². The van der Waals surface area contributed by atoms with Crippen LogP contribution in [0, 0.1) is 0 Å². The molecule has 2 aliphatic rings. The summed E-state index contributed by atoms with van der Waals surface area (Å²) in [6.45, 7) is 1.49. The van der Waals surface area contributed by atoms with E-state index in [2.05, 4.69) is 10.4 Å². The first-order valence-electron chi connectivity index (χ1n) is 11.4. The van der Waals surface area contributed by atoms with Crippen molar-refractivity contribution in [3.63, 3.8) is 0 Å². The monoisotopic (exact) mass is 437 g/mol. The topological polar surface area (TPSA) is 87.5 Å². The van der Waals surface area contributed by atoms with Crippen LogP contribution >= 0.6 is 0 Å². The van der Waals surface area contributed by atoms with Gasteiger partial charge in [0.05, 0.1) is 0 Å². The Morgan fingerprint density at radius 3 is 2.59 bits per heavy atom. The summed E-state index contributed by atoms with van der Waals surface area (Å²) in [5, 5.41) is 7.46. The first kappa shape index (κ1) is 22.0. The zero-order valence-corrected chi connectivity index (χ0v) is 18.8. The van der Waals surface area contributed by atoms with E-state index in [1.807, 2.05) is 37.2 Å². The van der Waals surface area contributed by atoms with Gasteiger partial charge in [-0.3, -0.25) is 19.1 Å². The number of benzene rings is 1. The molecule has 0 spiro atoms. The van der Waals surface area contributed by atoms with E-state index in [1.54, 1.807) is 21.7 Å². The largest absolute Gasteiger partial charge is 0.351 e. The molecule has 0 radical (unpaired) electrons. The molecule has 1 unspecified atom stereocenters. The lowest BCUT2D eigenvalue weighted by Gasteiger charge is -2.32. The molecule has 0 fully saturated rings. The normalized spacial score (nSPS) is 20.4. The van der Waals surface area contributed by atoms with Crippen LogP contribution in [0.3, 0.4) is 0 Å². The Morgan fingerprint density at radius 2 is 1.81 bits per heavy atom. The first-order valence-corrected chi connectivity index (χ1v) is 11.4. The van der Waals surface area contributed by atoms with Crippen molar-refractivity contribution in [1.29, 1.82) is 0 Å². The van der Waals surface area contributed by atoms with E-state index in [4.69, 9.17) is 0 Å². The third-order valence-corrected chi connectivity index (χ3v) is 6.60. The number of nitrogens with one attached hydrogen (secondary N) is 1. The van der Waals surface area contributed by atoms with Crippen LogP contribution in [0.15, 0.2) is 30.3 Å². The Hall–Kier alpha value is -3.16. The number of hydrogen-bond acceptors (Lipinski definition) is 4. The smallest absolute Gasteiger partial charge is 0.272 e. The minimum atomic E-state index is -0.188. The molecule has 3 amide bonds. The lowest BCUT2D eigenvalue weighted by Crippen LogP contribution is -2.41. The first-order chi connectivity index (χ1) is 15.5. The fourth-order valence-electron chi connectivity index (χ4n) is 4.72. The molecule has 4 rings (SSSR count). The molecule has 170 valence electrons. The highest BCUT2D eigenvalue weighted by molar-refractivity contribution is 5.95. The van der Waals surface area contributed by atoms with Crippen molar-refractivity contribution in [2.75, 3.05) is 26.7 Å². The van der Waals surface area contributed by atoms with Gasteiger partial charge >= 0.3 is 0 Å². The third-order valence-electron chi connectivity index (χ3n) is 6.60. The maximum absolute atomic E-state index is 13.0. The van der Waals surface area contributed by atoms with Crippen molar-refractivity contribution in [3.8, 4) is 0 Å². The molecule has 8 nitrogen and oxygen atoms in total. The molecule has 2 aromatic rings. The molecule has 2 bridgehead atoms. The molecule has 0 saturated carbocycles. The maximum atomic E-state index is 13.0. The molecule has 1 aromatic carbocycles. The summed E-state index contributed by atoms with van der Waals surface area (Å²) in [7, 11) is 3.72. The van der Waals surface area contributed by atoms with Crippen LogP contribution in [0.5, 0.6) is 0 Å². The molecule has 1 aliphatic carbocycles. The average molecular weight is 438 g/mol. The molecule has 32 heavy (non-hydrogen) atoms. The standard InChI is InChI=1S/C24H31N5O3/c1-27-18-11-12-20-19(16-18)22(26-28(20)2)23(31)25-13-7-15-29(14-6-10-21(27)30)24(32)17-8-4-3-5-9-17/h3-5,8-9,18H,6-7,10-16H2,1-2H3,(H,25,31). The van der Waals surface area contributed by atoms with E-state index in [0.29, 0.717) is 56.6 Å². The van der Waals surface area contributed by atoms with Crippen molar-refractivity contribution in [3.05, 3.63) is 52.8 Å². The molecule has 8 heteroatoms. The summed E-state index contributed by atoms with van der Waals surface area (Å²) in [5.74, 6) is -0.155. The fraction of sp³-hybridized carbons (Fsp3) is 0.500. The van der Waals surface area contributed by atoms with Gasteiger partial charge < -0.3 is 15.1 Å². The molecular weight excluding hydrogens is 406 g/mol. The third kappa shape index (κ3) is 4.54. The van der Waals surface area contributed by atoms with Gasteiger partial charge in [0.25, 0.3) is 11.8 Å². The van der Waals surface area contributed by atoms with Crippen LogP contribution in [0.4, 0.5) is 0 Å². The SMILES string of the molecule is CN1C(=O)CCCN(C(=O)c2ccccc2)CCCNC(=O)c2nn(C)c3c2CC1CC3. The van der Waals surface area contributed by atoms with Crippen molar-refractivity contribution >= 4 is 17.7 Å². The zero-order valence-electron chi connectivity index (χ0n) is 18.8. The summed E-state index contributed by atoms with van der Waals surface area (Å²) in [6.07, 6.45) is 3.95. The predicted molar refractivity (Wildman–Crippen MR) is 120 cm³/mol. The Labute approximate surface area is 188 Å². The quantitative estimate of drug-likeness (QED) is 0.737. The second kappa shape index (κ2) is 9.54. The summed E-state index contributed by atoms with van der Waals surface area (Å²) in [5.41, 5.74) is 3.13. The Morgan fingerprint density at radius 1 is 1.06 bits per heavy atom. The second-order valence-electron chi connectivity index (χ2n) is 8.67. The Balaban J connectivity index is 1.55. The highest BCUT2D eigenvalue weighted by atomic mass is 16.2. The summed E-state index contributed by atoms with van der Waals surface area (Å²) in [4.78, 5) is 42.4. The van der Waals surface area contributed by atoms with Crippen LogP contribution in [-0.2, 0) is 24.7 Å². The number of carbonyl (C=O) groups is 3. The van der Waals surface area contributed by atoms with Gasteiger partial charge in [-0.1, -0.05) is 18.2 Å². The van der Waals surface area contributed by atoms with Crippen LogP contribution in [0.2, 0.25) is 0 Å². The number of nitrogens with zero attached hydrogens (tertiary/aromatic N) is 4. The molecule has 1 atom stereocenters. The van der Waals surface area contributed by atoms with Gasteiger partial charge in [-0.05, 0) is 44.2 Å². The van der Waals surface area contributed by atoms with Gasteiger partial charge in [0.15, 0.2) is 5.69 Å². The highest BCUT2D eigenvalue weighted by Crippen LogP contribution is 2.27. The van der Waals surface area contributed by atoms with Crippen molar-refractivity contribution in [1.82, 2.24) is 24.9 Å². The lowest BCUT2D eigenvalue weighted by atomic mass is 9.90. The molecule has 1 N–H and O–H groups in total. The van der Waals surface area contributed by atoms with Crippen molar-refractivity contribution in [2.24, 2.45) is 7.05 Å². The van der Waals surface area contributed by atoms with E-state index >= 15 is 0 Å². The molecular formula is C24H31N5O3. The predicted octanol–water partition coefficient (Wildman–Crippen LogP) is 1.79. The van der Waals surface area contributed by atoms with Crippen LogP contribution in [-0.4, -0.2) is 70.0 Å². The molecule has 0 saturated heterocycles. The van der Waals surface area contributed by atoms with E-state index in [9.17, 15) is 14.4 Å². The van der Waals surface area contributed by atoms with E-state index in [0.717, 1.165) is 24.1 Å². The zero-order chi connectivity index (χ0) is 22.7. The lowest BCUT2D eigenvalue weighted by molar-refractivity contribution is -0.132. The maximum Gasteiger partial charge on any atom is 0.272 e. The number of amides is 3. The molecule has 1 aromatic heterocycles. The summed E-state index contributed by atoms with van der Waals surface area (Å²) < 4.78 is 1.80. The number of carbonyl (C=O) groups excluding carboxylic acids is 3. The fourth-order valence-corrected chi connectivity index (χ4v) is 4.72. The van der Waals surface area contributed by atoms with Gasteiger partial charge in [0, 0.05) is 63.0 Å². The van der Waals surface area contributed by atoms with Gasteiger partial charge in [-0.25, -0.2) is 0 Å². The van der Waals surface area contributed by atoms with Gasteiger partial charge in [-0.2, -0.15) is 5.10 Å².